The number of sulfone groups is 1. The van der Waals surface area contributed by atoms with Gasteiger partial charge in [-0.3, -0.25) is 0 Å². The molecule has 0 saturated heterocycles. The van der Waals surface area contributed by atoms with Crippen LogP contribution in [0.1, 0.15) is 40.0 Å². The molecule has 0 heterocycles. The van der Waals surface area contributed by atoms with Gasteiger partial charge in [-0.25, -0.2) is 8.42 Å². The topological polar surface area (TPSA) is 46.2 Å². The summed E-state index contributed by atoms with van der Waals surface area (Å²) < 4.78 is 22.1. The first-order valence-corrected chi connectivity index (χ1v) is 7.86. The van der Waals surface area contributed by atoms with Crippen molar-refractivity contribution in [3.05, 3.63) is 0 Å². The minimum atomic E-state index is -2.82. The number of rotatable bonds is 8. The summed E-state index contributed by atoms with van der Waals surface area (Å²) in [6, 6.07) is 0.347. The molecule has 0 aliphatic heterocycles. The Labute approximate surface area is 94.6 Å². The van der Waals surface area contributed by atoms with Crippen LogP contribution in [-0.2, 0) is 9.84 Å². The van der Waals surface area contributed by atoms with Crippen LogP contribution in [0.4, 0.5) is 0 Å². The Bertz CT molecular complexity index is 249. The largest absolute Gasteiger partial charge is 0.314 e. The molecule has 0 bridgehead atoms. The highest BCUT2D eigenvalue weighted by Gasteiger charge is 2.13. The molecule has 92 valence electrons. The molecule has 0 aliphatic carbocycles. The summed E-state index contributed by atoms with van der Waals surface area (Å²) >= 11 is 0. The summed E-state index contributed by atoms with van der Waals surface area (Å²) in [5.41, 5.74) is 0. The summed E-state index contributed by atoms with van der Waals surface area (Å²) in [5, 5.41) is 3.36. The Morgan fingerprint density at radius 1 is 1.27 bits per heavy atom. The second-order valence-electron chi connectivity index (χ2n) is 4.42. The number of hydrogen-bond donors (Lipinski definition) is 1. The van der Waals surface area contributed by atoms with Crippen molar-refractivity contribution in [3.63, 3.8) is 0 Å². The zero-order chi connectivity index (χ0) is 11.9. The third-order valence-electron chi connectivity index (χ3n) is 2.71. The predicted molar refractivity (Wildman–Crippen MR) is 65.9 cm³/mol. The molecule has 0 aliphatic rings. The van der Waals surface area contributed by atoms with E-state index in [-0.39, 0.29) is 0 Å². The molecule has 0 rings (SSSR count). The van der Waals surface area contributed by atoms with Crippen LogP contribution >= 0.6 is 0 Å². The molecule has 2 atom stereocenters. The molecule has 15 heavy (non-hydrogen) atoms. The Morgan fingerprint density at radius 2 is 1.87 bits per heavy atom. The average Bonchev–Trinajstić information content (AvgIpc) is 2.13. The maximum atomic E-state index is 11.1. The van der Waals surface area contributed by atoms with E-state index in [1.165, 1.54) is 6.26 Å². The van der Waals surface area contributed by atoms with E-state index in [2.05, 4.69) is 26.1 Å². The van der Waals surface area contributed by atoms with Gasteiger partial charge in [0.1, 0.15) is 9.84 Å². The first kappa shape index (κ1) is 14.9. The van der Waals surface area contributed by atoms with Gasteiger partial charge in [0.25, 0.3) is 0 Å². The molecule has 1 N–H and O–H groups in total. The van der Waals surface area contributed by atoms with Gasteiger partial charge in [-0.15, -0.1) is 0 Å². The quantitative estimate of drug-likeness (QED) is 0.698. The first-order valence-electron chi connectivity index (χ1n) is 5.80. The molecule has 0 fully saturated rings. The minimum Gasteiger partial charge on any atom is -0.314 e. The fourth-order valence-corrected chi connectivity index (χ4v) is 2.31. The van der Waals surface area contributed by atoms with Gasteiger partial charge in [0.05, 0.1) is 5.75 Å². The normalized spacial score (nSPS) is 16.3. The van der Waals surface area contributed by atoms with Crippen LogP contribution in [-0.4, -0.2) is 33.0 Å². The highest BCUT2D eigenvalue weighted by atomic mass is 32.2. The van der Waals surface area contributed by atoms with Gasteiger partial charge in [0, 0.05) is 12.3 Å². The summed E-state index contributed by atoms with van der Waals surface area (Å²) in [4.78, 5) is 0. The number of hydrogen-bond acceptors (Lipinski definition) is 3. The van der Waals surface area contributed by atoms with Crippen molar-refractivity contribution in [2.24, 2.45) is 5.92 Å². The minimum absolute atomic E-state index is 0.293. The first-order chi connectivity index (χ1) is 6.89. The highest BCUT2D eigenvalue weighted by molar-refractivity contribution is 7.90. The van der Waals surface area contributed by atoms with Crippen LogP contribution in [0.25, 0.3) is 0 Å². The van der Waals surface area contributed by atoms with Crippen molar-refractivity contribution in [3.8, 4) is 0 Å². The van der Waals surface area contributed by atoms with Crippen molar-refractivity contribution in [2.75, 3.05) is 18.6 Å². The molecule has 0 amide bonds. The molecule has 0 saturated carbocycles. The van der Waals surface area contributed by atoms with E-state index in [1.54, 1.807) is 0 Å². The lowest BCUT2D eigenvalue weighted by molar-refractivity contribution is 0.391. The molecule has 2 unspecified atom stereocenters. The predicted octanol–water partition coefficient (Wildman–Crippen LogP) is 1.84. The lowest BCUT2D eigenvalue weighted by Gasteiger charge is -2.20. The van der Waals surface area contributed by atoms with Gasteiger partial charge in [-0.05, 0) is 25.3 Å². The van der Waals surface area contributed by atoms with Crippen molar-refractivity contribution in [1.82, 2.24) is 5.32 Å². The zero-order valence-electron chi connectivity index (χ0n) is 10.4. The van der Waals surface area contributed by atoms with E-state index in [0.29, 0.717) is 17.7 Å². The molecule has 0 aromatic carbocycles. The molecule has 4 heteroatoms. The van der Waals surface area contributed by atoms with Crippen molar-refractivity contribution >= 4 is 9.84 Å². The van der Waals surface area contributed by atoms with Crippen molar-refractivity contribution < 1.29 is 8.42 Å². The fourth-order valence-electron chi connectivity index (χ4n) is 1.60. The Kier molecular flexibility index (Phi) is 7.18. The van der Waals surface area contributed by atoms with Crippen LogP contribution in [0.5, 0.6) is 0 Å². The molecule has 3 nitrogen and oxygen atoms in total. The maximum absolute atomic E-state index is 11.1. The molecule has 0 spiro atoms. The smallest absolute Gasteiger partial charge is 0.147 e. The van der Waals surface area contributed by atoms with Crippen LogP contribution in [0.3, 0.4) is 0 Å². The third-order valence-corrected chi connectivity index (χ3v) is 3.69. The van der Waals surface area contributed by atoms with Gasteiger partial charge in [-0.2, -0.15) is 0 Å². The lowest BCUT2D eigenvalue weighted by atomic mass is 9.98. The monoisotopic (exact) mass is 235 g/mol. The van der Waals surface area contributed by atoms with Gasteiger partial charge >= 0.3 is 0 Å². The van der Waals surface area contributed by atoms with E-state index >= 15 is 0 Å². The van der Waals surface area contributed by atoms with Gasteiger partial charge in [0.15, 0.2) is 0 Å². The summed E-state index contributed by atoms with van der Waals surface area (Å²) in [6.45, 7) is 7.35. The average molecular weight is 235 g/mol. The highest BCUT2D eigenvalue weighted by Crippen LogP contribution is 2.12. The van der Waals surface area contributed by atoms with Gasteiger partial charge in [-0.1, -0.05) is 27.2 Å². The van der Waals surface area contributed by atoms with Crippen LogP contribution in [0, 0.1) is 5.92 Å². The fraction of sp³-hybridized carbons (Fsp3) is 1.00. The third kappa shape index (κ3) is 8.88. The van der Waals surface area contributed by atoms with Crippen LogP contribution in [0.15, 0.2) is 0 Å². The van der Waals surface area contributed by atoms with E-state index in [9.17, 15) is 8.42 Å². The second-order valence-corrected chi connectivity index (χ2v) is 6.68. The number of nitrogens with one attached hydrogen (secondary N) is 1. The molecule has 0 radical (unpaired) electrons. The molecule has 0 aromatic rings. The lowest BCUT2D eigenvalue weighted by Crippen LogP contribution is -2.32. The zero-order valence-corrected chi connectivity index (χ0v) is 11.2. The molecular formula is C11H25NO2S. The summed E-state index contributed by atoms with van der Waals surface area (Å²) in [5.74, 6) is 0.954. The second kappa shape index (κ2) is 7.23. The summed E-state index contributed by atoms with van der Waals surface area (Å²) in [6.07, 6.45) is 4.26. The van der Waals surface area contributed by atoms with E-state index in [1.807, 2.05) is 0 Å². The van der Waals surface area contributed by atoms with Crippen LogP contribution < -0.4 is 5.32 Å². The van der Waals surface area contributed by atoms with Crippen LogP contribution in [0.2, 0.25) is 0 Å². The van der Waals surface area contributed by atoms with E-state index in [0.717, 1.165) is 25.8 Å². The van der Waals surface area contributed by atoms with Crippen molar-refractivity contribution in [1.29, 1.82) is 0 Å². The van der Waals surface area contributed by atoms with Crippen molar-refractivity contribution in [2.45, 2.75) is 46.1 Å². The summed E-state index contributed by atoms with van der Waals surface area (Å²) in [7, 11) is -2.82. The SMILES string of the molecule is CCNC(CCS(C)(=O)=O)CC(C)CC. The Morgan fingerprint density at radius 3 is 2.27 bits per heavy atom. The van der Waals surface area contributed by atoms with E-state index in [4.69, 9.17) is 0 Å². The molecular weight excluding hydrogens is 210 g/mol. The van der Waals surface area contributed by atoms with Gasteiger partial charge < -0.3 is 5.32 Å². The van der Waals surface area contributed by atoms with E-state index < -0.39 is 9.84 Å². The molecule has 0 aromatic heterocycles. The standard InChI is InChI=1S/C11H25NO2S/c1-5-10(3)9-11(12-6-2)7-8-15(4,13)14/h10-12H,5-9H2,1-4H3. The van der Waals surface area contributed by atoms with Gasteiger partial charge in [0.2, 0.25) is 0 Å². The Balaban J connectivity index is 4.04. The maximum Gasteiger partial charge on any atom is 0.147 e. The Hall–Kier alpha value is -0.0900.